The molecule has 0 amide bonds. The Morgan fingerprint density at radius 3 is 2.50 bits per heavy atom. The van der Waals surface area contributed by atoms with Crippen molar-refractivity contribution >= 4 is 5.97 Å². The second-order valence-corrected chi connectivity index (χ2v) is 3.29. The Balaban J connectivity index is 2.25. The minimum atomic E-state index is -0.874. The number of hydrogen-bond donors (Lipinski definition) is 3. The molecule has 0 aliphatic rings. The summed E-state index contributed by atoms with van der Waals surface area (Å²) in [5.41, 5.74) is 1.06. The fourth-order valence-electron chi connectivity index (χ4n) is 1.36. The van der Waals surface area contributed by atoms with Crippen molar-refractivity contribution in [1.29, 1.82) is 0 Å². The van der Waals surface area contributed by atoms with Gasteiger partial charge in [-0.15, -0.1) is 0 Å². The van der Waals surface area contributed by atoms with E-state index in [-0.39, 0.29) is 12.1 Å². The largest absolute Gasteiger partial charge is 0.481 e. The number of rotatable bonds is 3. The molecule has 16 heavy (non-hydrogen) atoms. The van der Waals surface area contributed by atoms with Gasteiger partial charge in [-0.05, 0) is 5.56 Å². The summed E-state index contributed by atoms with van der Waals surface area (Å²) < 4.78 is 0. The molecule has 2 rings (SSSR count). The fourth-order valence-corrected chi connectivity index (χ4v) is 1.36. The first kappa shape index (κ1) is 10.2. The second kappa shape index (κ2) is 4.01. The lowest BCUT2D eigenvalue weighted by atomic mass is 10.1. The van der Waals surface area contributed by atoms with E-state index in [9.17, 15) is 9.59 Å². The van der Waals surface area contributed by atoms with E-state index < -0.39 is 5.97 Å². The molecule has 0 saturated heterocycles. The van der Waals surface area contributed by atoms with Gasteiger partial charge >= 0.3 is 11.7 Å². The average molecular weight is 219 g/mol. The Kier molecular flexibility index (Phi) is 2.55. The molecule has 2 aromatic rings. The fraction of sp³-hybridized carbons (Fsp3) is 0.100. The summed E-state index contributed by atoms with van der Waals surface area (Å²) in [5, 5.41) is 14.6. The number of aromatic amines is 2. The molecule has 0 aliphatic carbocycles. The molecule has 0 fully saturated rings. The third-order valence-corrected chi connectivity index (χ3v) is 2.08. The van der Waals surface area contributed by atoms with Gasteiger partial charge in [-0.1, -0.05) is 24.3 Å². The smallest absolute Gasteiger partial charge is 0.340 e. The minimum absolute atomic E-state index is 0.0165. The highest BCUT2D eigenvalue weighted by molar-refractivity contribution is 5.70. The van der Waals surface area contributed by atoms with Crippen molar-refractivity contribution in [2.75, 3.05) is 0 Å². The van der Waals surface area contributed by atoms with Gasteiger partial charge in [-0.3, -0.25) is 9.78 Å². The van der Waals surface area contributed by atoms with Gasteiger partial charge in [0.15, 0.2) is 5.82 Å². The third-order valence-electron chi connectivity index (χ3n) is 2.08. The molecular weight excluding hydrogens is 210 g/mol. The van der Waals surface area contributed by atoms with E-state index in [1.807, 2.05) is 0 Å². The van der Waals surface area contributed by atoms with Crippen molar-refractivity contribution in [3.8, 4) is 11.4 Å². The molecule has 0 unspecified atom stereocenters. The van der Waals surface area contributed by atoms with Gasteiger partial charge in [0.05, 0.1) is 6.42 Å². The van der Waals surface area contributed by atoms with Crippen molar-refractivity contribution in [2.24, 2.45) is 0 Å². The number of nitrogens with one attached hydrogen (secondary N) is 2. The molecule has 0 saturated carbocycles. The standard InChI is InChI=1S/C10H9N3O3/c14-8(15)5-6-1-3-7(4-2-6)9-11-10(16)13-12-9/h1-4H,5H2,(H,14,15)(H2,11,12,13,16). The van der Waals surface area contributed by atoms with Crippen molar-refractivity contribution in [1.82, 2.24) is 15.2 Å². The van der Waals surface area contributed by atoms with Crippen LogP contribution >= 0.6 is 0 Å². The van der Waals surface area contributed by atoms with E-state index in [1.54, 1.807) is 24.3 Å². The number of carbonyl (C=O) groups is 1. The van der Waals surface area contributed by atoms with Crippen molar-refractivity contribution in [3.05, 3.63) is 40.3 Å². The average Bonchev–Trinajstić information content (AvgIpc) is 2.65. The summed E-state index contributed by atoms with van der Waals surface area (Å²) in [6.07, 6.45) is -0.0165. The third kappa shape index (κ3) is 2.17. The maximum Gasteiger partial charge on any atom is 0.340 e. The quantitative estimate of drug-likeness (QED) is 0.695. The summed E-state index contributed by atoms with van der Waals surface area (Å²) in [6, 6.07) is 6.81. The number of carboxylic acids is 1. The highest BCUT2D eigenvalue weighted by Crippen LogP contribution is 2.13. The van der Waals surface area contributed by atoms with Gasteiger partial charge in [0.25, 0.3) is 0 Å². The molecule has 1 aromatic carbocycles. The van der Waals surface area contributed by atoms with E-state index in [0.29, 0.717) is 11.4 Å². The van der Waals surface area contributed by atoms with Gasteiger partial charge in [0.2, 0.25) is 0 Å². The molecule has 0 radical (unpaired) electrons. The Labute approximate surface area is 90.0 Å². The van der Waals surface area contributed by atoms with Gasteiger partial charge in [0, 0.05) is 5.56 Å². The lowest BCUT2D eigenvalue weighted by Gasteiger charge is -1.98. The van der Waals surface area contributed by atoms with Gasteiger partial charge in [-0.25, -0.2) is 9.89 Å². The Morgan fingerprint density at radius 1 is 1.31 bits per heavy atom. The van der Waals surface area contributed by atoms with Crippen LogP contribution in [-0.2, 0) is 11.2 Å². The summed E-state index contributed by atoms with van der Waals surface area (Å²) >= 11 is 0. The lowest BCUT2D eigenvalue weighted by Crippen LogP contribution is -2.00. The number of aromatic nitrogens is 3. The Morgan fingerprint density at radius 2 is 2.00 bits per heavy atom. The van der Waals surface area contributed by atoms with Crippen LogP contribution in [0.1, 0.15) is 5.56 Å². The highest BCUT2D eigenvalue weighted by atomic mass is 16.4. The highest BCUT2D eigenvalue weighted by Gasteiger charge is 2.03. The number of nitrogens with zero attached hydrogens (tertiary/aromatic N) is 1. The first-order valence-electron chi connectivity index (χ1n) is 4.61. The van der Waals surface area contributed by atoms with Gasteiger partial charge < -0.3 is 5.11 Å². The molecule has 0 aliphatic heterocycles. The van der Waals surface area contributed by atoms with Gasteiger partial charge in [0.1, 0.15) is 0 Å². The number of aliphatic carboxylic acids is 1. The van der Waals surface area contributed by atoms with Crippen LogP contribution in [0, 0.1) is 0 Å². The topological polar surface area (TPSA) is 98.8 Å². The second-order valence-electron chi connectivity index (χ2n) is 3.29. The summed E-state index contributed by atoms with van der Waals surface area (Å²) in [5.74, 6) is -0.437. The Hall–Kier alpha value is -2.37. The Bertz CT molecular complexity index is 553. The first-order valence-corrected chi connectivity index (χ1v) is 4.61. The molecule has 0 atom stereocenters. The van der Waals surface area contributed by atoms with Gasteiger partial charge in [-0.2, -0.15) is 5.10 Å². The summed E-state index contributed by atoms with van der Waals surface area (Å²) in [7, 11) is 0. The van der Waals surface area contributed by atoms with E-state index in [1.165, 1.54) is 0 Å². The van der Waals surface area contributed by atoms with Crippen LogP contribution < -0.4 is 5.69 Å². The SMILES string of the molecule is O=C(O)Cc1ccc(-c2n[nH]c(=O)[nH]2)cc1. The molecule has 1 heterocycles. The lowest BCUT2D eigenvalue weighted by molar-refractivity contribution is -0.136. The number of hydrogen-bond acceptors (Lipinski definition) is 3. The molecule has 82 valence electrons. The van der Waals surface area contributed by atoms with E-state index >= 15 is 0 Å². The van der Waals surface area contributed by atoms with Crippen molar-refractivity contribution in [2.45, 2.75) is 6.42 Å². The molecule has 1 aromatic heterocycles. The van der Waals surface area contributed by atoms with Crippen LogP contribution in [0.25, 0.3) is 11.4 Å². The van der Waals surface area contributed by atoms with Crippen LogP contribution in [0.15, 0.2) is 29.1 Å². The predicted octanol–water partition coefficient (Wildman–Crippen LogP) is 0.392. The van der Waals surface area contributed by atoms with Crippen LogP contribution in [0.5, 0.6) is 0 Å². The number of carboxylic acid groups (broad SMARTS) is 1. The van der Waals surface area contributed by atoms with Crippen LogP contribution in [0.3, 0.4) is 0 Å². The van der Waals surface area contributed by atoms with E-state index in [0.717, 1.165) is 5.56 Å². The molecule has 0 bridgehead atoms. The molecule has 3 N–H and O–H groups in total. The van der Waals surface area contributed by atoms with E-state index in [2.05, 4.69) is 15.2 Å². The van der Waals surface area contributed by atoms with Crippen molar-refractivity contribution < 1.29 is 9.90 Å². The minimum Gasteiger partial charge on any atom is -0.481 e. The normalized spacial score (nSPS) is 10.2. The predicted molar refractivity (Wildman–Crippen MR) is 56.0 cm³/mol. The molecular formula is C10H9N3O3. The zero-order valence-electron chi connectivity index (χ0n) is 8.23. The monoisotopic (exact) mass is 219 g/mol. The number of benzene rings is 1. The summed E-state index contributed by atoms with van der Waals surface area (Å²) in [6.45, 7) is 0. The first-order chi connectivity index (χ1) is 7.65. The maximum absolute atomic E-state index is 10.8. The zero-order chi connectivity index (χ0) is 11.5. The zero-order valence-corrected chi connectivity index (χ0v) is 8.23. The molecule has 6 heteroatoms. The van der Waals surface area contributed by atoms with Crippen LogP contribution in [0.2, 0.25) is 0 Å². The number of H-pyrrole nitrogens is 2. The molecule has 6 nitrogen and oxygen atoms in total. The maximum atomic E-state index is 10.8. The van der Waals surface area contributed by atoms with Crippen LogP contribution in [0.4, 0.5) is 0 Å². The van der Waals surface area contributed by atoms with E-state index in [4.69, 9.17) is 5.11 Å². The molecule has 0 spiro atoms. The van der Waals surface area contributed by atoms with Crippen LogP contribution in [-0.4, -0.2) is 26.3 Å². The summed E-state index contributed by atoms with van der Waals surface area (Å²) in [4.78, 5) is 23.8. The van der Waals surface area contributed by atoms with Crippen molar-refractivity contribution in [3.63, 3.8) is 0 Å².